The van der Waals surface area contributed by atoms with Gasteiger partial charge in [0.1, 0.15) is 5.01 Å². The lowest BCUT2D eigenvalue weighted by atomic mass is 9.94. The third-order valence-corrected chi connectivity index (χ3v) is 4.44. The van der Waals surface area contributed by atoms with E-state index in [0.717, 1.165) is 21.7 Å². The van der Waals surface area contributed by atoms with E-state index in [0.29, 0.717) is 11.1 Å². The first-order chi connectivity index (χ1) is 11.6. The van der Waals surface area contributed by atoms with Crippen LogP contribution >= 0.6 is 11.3 Å². The van der Waals surface area contributed by atoms with Crippen LogP contribution in [0.4, 0.5) is 0 Å². The summed E-state index contributed by atoms with van der Waals surface area (Å²) in [5.41, 5.74) is 3.40. The van der Waals surface area contributed by atoms with Crippen LogP contribution in [0.2, 0.25) is 0 Å². The number of aliphatic imine (C=N–C) groups is 1. The van der Waals surface area contributed by atoms with Gasteiger partial charge in [-0.2, -0.15) is 0 Å². The molecule has 0 atom stereocenters. The van der Waals surface area contributed by atoms with Crippen molar-refractivity contribution in [1.29, 1.82) is 0 Å². The molecule has 0 aliphatic carbocycles. The average Bonchev–Trinajstić information content (AvgIpc) is 3.15. The fourth-order valence-corrected chi connectivity index (χ4v) is 3.16. The van der Waals surface area contributed by atoms with Gasteiger partial charge in [-0.25, -0.2) is 9.98 Å². The zero-order valence-electron chi connectivity index (χ0n) is 13.0. The van der Waals surface area contributed by atoms with Crippen LogP contribution in [0.3, 0.4) is 0 Å². The standard InChI is InChI=1S/C19H14N2O2S/c1-12(22)16-5-3-4-6-17(16)13-9-14(18(23)20-2)11-15(10-13)19-21-7-8-24-19/h3-11H,2H2,1H3. The first kappa shape index (κ1) is 16.0. The minimum atomic E-state index is -0.407. The summed E-state index contributed by atoms with van der Waals surface area (Å²) in [6.07, 6.45) is 1.71. The number of carbonyl (C=O) groups excluding carboxylic acids is 2. The highest BCUT2D eigenvalue weighted by molar-refractivity contribution is 7.13. The summed E-state index contributed by atoms with van der Waals surface area (Å²) in [6.45, 7) is 4.84. The Bertz CT molecular complexity index is 930. The second kappa shape index (κ2) is 6.68. The normalized spacial score (nSPS) is 10.4. The van der Waals surface area contributed by atoms with E-state index >= 15 is 0 Å². The smallest absolute Gasteiger partial charge is 0.276 e. The Morgan fingerprint density at radius 1 is 1.12 bits per heavy atom. The van der Waals surface area contributed by atoms with Gasteiger partial charge in [-0.15, -0.1) is 11.3 Å². The lowest BCUT2D eigenvalue weighted by Gasteiger charge is -2.10. The number of carbonyl (C=O) groups is 2. The van der Waals surface area contributed by atoms with Gasteiger partial charge in [0.05, 0.1) is 0 Å². The van der Waals surface area contributed by atoms with E-state index in [1.165, 1.54) is 18.3 Å². The number of hydrogen-bond acceptors (Lipinski definition) is 4. The number of hydrogen-bond donors (Lipinski definition) is 0. The quantitative estimate of drug-likeness (QED) is 0.520. The zero-order valence-corrected chi connectivity index (χ0v) is 13.8. The molecule has 3 aromatic rings. The van der Waals surface area contributed by atoms with Gasteiger partial charge in [0.25, 0.3) is 5.91 Å². The van der Waals surface area contributed by atoms with Gasteiger partial charge >= 0.3 is 0 Å². The summed E-state index contributed by atoms with van der Waals surface area (Å²) in [5.74, 6) is -0.435. The summed E-state index contributed by atoms with van der Waals surface area (Å²) in [4.78, 5) is 31.7. The van der Waals surface area contributed by atoms with E-state index in [1.807, 2.05) is 29.6 Å². The molecule has 0 bridgehead atoms. The van der Waals surface area contributed by atoms with Crippen LogP contribution in [-0.4, -0.2) is 23.4 Å². The van der Waals surface area contributed by atoms with Crippen molar-refractivity contribution in [3.05, 3.63) is 65.2 Å². The molecular weight excluding hydrogens is 320 g/mol. The van der Waals surface area contributed by atoms with E-state index in [-0.39, 0.29) is 5.78 Å². The van der Waals surface area contributed by atoms with Crippen LogP contribution in [0.15, 0.2) is 59.0 Å². The Morgan fingerprint density at radius 3 is 2.54 bits per heavy atom. The largest absolute Gasteiger partial charge is 0.294 e. The molecule has 0 N–H and O–H groups in total. The fourth-order valence-electron chi connectivity index (χ4n) is 2.53. The summed E-state index contributed by atoms with van der Waals surface area (Å²) in [6, 6.07) is 12.7. The fraction of sp³-hybridized carbons (Fsp3) is 0.0526. The van der Waals surface area contributed by atoms with Crippen LogP contribution in [0.5, 0.6) is 0 Å². The Hall–Kier alpha value is -2.92. The van der Waals surface area contributed by atoms with Crippen LogP contribution < -0.4 is 0 Å². The summed E-state index contributed by atoms with van der Waals surface area (Å²) >= 11 is 1.48. The lowest BCUT2D eigenvalue weighted by molar-refractivity contribution is 0.0999. The molecule has 5 heteroatoms. The number of Topliss-reactive ketones (excluding diaryl/α,β-unsaturated/α-hetero) is 1. The van der Waals surface area contributed by atoms with Gasteiger partial charge in [-0.05, 0) is 43.0 Å². The summed E-state index contributed by atoms with van der Waals surface area (Å²) in [7, 11) is 0. The maximum atomic E-state index is 12.0. The molecule has 1 amide bonds. The number of aromatic nitrogens is 1. The molecule has 0 saturated carbocycles. The van der Waals surface area contributed by atoms with Crippen molar-refractivity contribution in [3.8, 4) is 21.7 Å². The van der Waals surface area contributed by atoms with Crippen molar-refractivity contribution in [2.45, 2.75) is 6.92 Å². The SMILES string of the molecule is C=NC(=O)c1cc(-c2nccs2)cc(-c2ccccc2C(C)=O)c1. The predicted molar refractivity (Wildman–Crippen MR) is 96.9 cm³/mol. The van der Waals surface area contributed by atoms with Crippen molar-refractivity contribution < 1.29 is 9.59 Å². The van der Waals surface area contributed by atoms with Gasteiger partial charge in [-0.1, -0.05) is 24.3 Å². The molecule has 0 unspecified atom stereocenters. The first-order valence-corrected chi connectivity index (χ1v) is 8.14. The van der Waals surface area contributed by atoms with E-state index in [1.54, 1.807) is 24.4 Å². The second-order valence-corrected chi connectivity index (χ2v) is 6.10. The second-order valence-electron chi connectivity index (χ2n) is 5.20. The zero-order chi connectivity index (χ0) is 17.1. The van der Waals surface area contributed by atoms with Gasteiger partial charge in [0.15, 0.2) is 5.78 Å². The number of rotatable bonds is 4. The predicted octanol–water partition coefficient (Wildman–Crippen LogP) is 4.52. The Kier molecular flexibility index (Phi) is 4.44. The molecule has 118 valence electrons. The average molecular weight is 334 g/mol. The van der Waals surface area contributed by atoms with Gasteiger partial charge < -0.3 is 0 Å². The number of amides is 1. The van der Waals surface area contributed by atoms with Crippen LogP contribution in [0, 0.1) is 0 Å². The van der Waals surface area contributed by atoms with Gasteiger partial charge in [0.2, 0.25) is 0 Å². The molecule has 3 rings (SSSR count). The Labute approximate surface area is 143 Å². The molecule has 0 aliphatic rings. The van der Waals surface area contributed by atoms with E-state index in [9.17, 15) is 9.59 Å². The van der Waals surface area contributed by atoms with Crippen molar-refractivity contribution in [3.63, 3.8) is 0 Å². The number of benzene rings is 2. The third-order valence-electron chi connectivity index (χ3n) is 3.62. The minimum absolute atomic E-state index is 0.0278. The van der Waals surface area contributed by atoms with Crippen molar-refractivity contribution in [2.75, 3.05) is 0 Å². The molecule has 0 fully saturated rings. The van der Waals surface area contributed by atoms with Crippen molar-refractivity contribution in [1.82, 2.24) is 4.98 Å². The van der Waals surface area contributed by atoms with E-state index in [2.05, 4.69) is 16.7 Å². The monoisotopic (exact) mass is 334 g/mol. The van der Waals surface area contributed by atoms with Crippen LogP contribution in [0.1, 0.15) is 27.6 Å². The highest BCUT2D eigenvalue weighted by atomic mass is 32.1. The lowest BCUT2D eigenvalue weighted by Crippen LogP contribution is -1.99. The topological polar surface area (TPSA) is 59.4 Å². The summed E-state index contributed by atoms with van der Waals surface area (Å²) in [5, 5.41) is 2.67. The molecule has 0 radical (unpaired) electrons. The van der Waals surface area contributed by atoms with E-state index in [4.69, 9.17) is 0 Å². The molecule has 1 heterocycles. The highest BCUT2D eigenvalue weighted by Crippen LogP contribution is 2.31. The number of nitrogens with zero attached hydrogens (tertiary/aromatic N) is 2. The summed E-state index contributed by atoms with van der Waals surface area (Å²) < 4.78 is 0. The molecule has 4 nitrogen and oxygen atoms in total. The minimum Gasteiger partial charge on any atom is -0.294 e. The molecule has 0 aliphatic heterocycles. The van der Waals surface area contributed by atoms with Gasteiger partial charge in [-0.3, -0.25) is 9.59 Å². The Morgan fingerprint density at radius 2 is 1.88 bits per heavy atom. The van der Waals surface area contributed by atoms with Crippen molar-refractivity contribution >= 4 is 29.7 Å². The van der Waals surface area contributed by atoms with Gasteiger partial charge in [0, 0.05) is 28.3 Å². The van der Waals surface area contributed by atoms with Crippen LogP contribution in [0.25, 0.3) is 21.7 Å². The highest BCUT2D eigenvalue weighted by Gasteiger charge is 2.14. The number of ketones is 1. The van der Waals surface area contributed by atoms with Crippen LogP contribution in [-0.2, 0) is 0 Å². The molecule has 1 aromatic heterocycles. The number of thiazole rings is 1. The molecule has 0 spiro atoms. The Balaban J connectivity index is 2.25. The van der Waals surface area contributed by atoms with Crippen molar-refractivity contribution in [2.24, 2.45) is 4.99 Å². The molecule has 0 saturated heterocycles. The first-order valence-electron chi connectivity index (χ1n) is 7.26. The molecular formula is C19H14N2O2S. The maximum Gasteiger partial charge on any atom is 0.276 e. The maximum absolute atomic E-state index is 12.0. The molecule has 2 aromatic carbocycles. The molecule has 24 heavy (non-hydrogen) atoms. The third kappa shape index (κ3) is 3.07. The van der Waals surface area contributed by atoms with E-state index < -0.39 is 5.91 Å².